The lowest BCUT2D eigenvalue weighted by molar-refractivity contribution is -0.126. The molecular formula is C17H15ClN2O. The molecule has 2 aromatic carbocycles. The first kappa shape index (κ1) is 13.8. The molecule has 1 aliphatic heterocycles. The molecule has 1 aliphatic rings. The monoisotopic (exact) mass is 298 g/mol. The molecule has 0 N–H and O–H groups in total. The Morgan fingerprint density at radius 2 is 1.95 bits per heavy atom. The number of hydrogen-bond acceptors (Lipinski definition) is 2. The van der Waals surface area contributed by atoms with Crippen LogP contribution in [-0.4, -0.2) is 29.7 Å². The topological polar surface area (TPSA) is 32.7 Å². The third kappa shape index (κ3) is 3.14. The quantitative estimate of drug-likeness (QED) is 0.856. The zero-order valence-corrected chi connectivity index (χ0v) is 12.3. The van der Waals surface area contributed by atoms with E-state index in [4.69, 9.17) is 11.6 Å². The van der Waals surface area contributed by atoms with E-state index in [1.165, 1.54) is 0 Å². The maximum Gasteiger partial charge on any atom is 0.232 e. The molecule has 21 heavy (non-hydrogen) atoms. The largest absolute Gasteiger partial charge is 0.294 e. The first-order valence-electron chi connectivity index (χ1n) is 6.89. The van der Waals surface area contributed by atoms with Crippen molar-refractivity contribution in [3.8, 4) is 0 Å². The van der Waals surface area contributed by atoms with Crippen LogP contribution in [0.3, 0.4) is 0 Å². The molecule has 4 heteroatoms. The van der Waals surface area contributed by atoms with E-state index >= 15 is 0 Å². The fourth-order valence-corrected chi connectivity index (χ4v) is 2.62. The molecule has 0 aliphatic carbocycles. The third-order valence-electron chi connectivity index (χ3n) is 3.42. The van der Waals surface area contributed by atoms with Gasteiger partial charge in [-0.3, -0.25) is 14.7 Å². The van der Waals surface area contributed by atoms with Gasteiger partial charge in [0, 0.05) is 17.1 Å². The highest BCUT2D eigenvalue weighted by Crippen LogP contribution is 2.17. The predicted molar refractivity (Wildman–Crippen MR) is 84.7 cm³/mol. The molecule has 1 heterocycles. The third-order valence-corrected chi connectivity index (χ3v) is 3.66. The number of halogens is 1. The van der Waals surface area contributed by atoms with Crippen LogP contribution in [0, 0.1) is 0 Å². The molecule has 106 valence electrons. The lowest BCUT2D eigenvalue weighted by atomic mass is 10.1. The van der Waals surface area contributed by atoms with Crippen molar-refractivity contribution >= 4 is 23.3 Å². The normalized spacial score (nSPS) is 14.1. The summed E-state index contributed by atoms with van der Waals surface area (Å²) >= 11 is 6.02. The van der Waals surface area contributed by atoms with Crippen LogP contribution in [0.15, 0.2) is 59.6 Å². The number of benzene rings is 2. The summed E-state index contributed by atoms with van der Waals surface area (Å²) < 4.78 is 0. The van der Waals surface area contributed by atoms with Crippen molar-refractivity contribution in [1.29, 1.82) is 0 Å². The van der Waals surface area contributed by atoms with Gasteiger partial charge in [-0.25, -0.2) is 0 Å². The molecule has 0 bridgehead atoms. The average molecular weight is 299 g/mol. The average Bonchev–Trinajstić information content (AvgIpc) is 2.98. The van der Waals surface area contributed by atoms with Crippen molar-refractivity contribution < 1.29 is 4.79 Å². The fourth-order valence-electron chi connectivity index (χ4n) is 2.43. The number of nitrogens with zero attached hydrogens (tertiary/aromatic N) is 2. The number of amidine groups is 1. The number of carbonyl (C=O) groups excluding carboxylic acids is 1. The van der Waals surface area contributed by atoms with E-state index in [0.29, 0.717) is 24.5 Å². The molecule has 0 spiro atoms. The SMILES string of the molecule is O=C(Cc1ccccc1)N1CCN=C1c1cccc(Cl)c1. The van der Waals surface area contributed by atoms with Crippen molar-refractivity contribution in [1.82, 2.24) is 4.90 Å². The molecule has 0 saturated heterocycles. The first-order valence-corrected chi connectivity index (χ1v) is 7.26. The van der Waals surface area contributed by atoms with E-state index in [9.17, 15) is 4.79 Å². The van der Waals surface area contributed by atoms with Crippen LogP contribution in [0.25, 0.3) is 0 Å². The van der Waals surface area contributed by atoms with Crippen LogP contribution in [0.4, 0.5) is 0 Å². The zero-order valence-electron chi connectivity index (χ0n) is 11.5. The summed E-state index contributed by atoms with van der Waals surface area (Å²) in [5, 5.41) is 0.651. The van der Waals surface area contributed by atoms with Gasteiger partial charge >= 0.3 is 0 Å². The van der Waals surface area contributed by atoms with E-state index in [0.717, 1.165) is 17.0 Å². The van der Waals surface area contributed by atoms with Gasteiger partial charge in [-0.1, -0.05) is 54.1 Å². The Morgan fingerprint density at radius 1 is 1.14 bits per heavy atom. The molecule has 1 amide bonds. The Bertz CT molecular complexity index is 682. The van der Waals surface area contributed by atoms with Gasteiger partial charge in [0.25, 0.3) is 0 Å². The molecule has 0 saturated carbocycles. The summed E-state index contributed by atoms with van der Waals surface area (Å²) in [5.74, 6) is 0.788. The molecule has 3 rings (SSSR count). The van der Waals surface area contributed by atoms with Gasteiger partial charge in [-0.2, -0.15) is 0 Å². The highest BCUT2D eigenvalue weighted by Gasteiger charge is 2.24. The molecule has 0 fully saturated rings. The lowest BCUT2D eigenvalue weighted by Crippen LogP contribution is -2.36. The summed E-state index contributed by atoms with van der Waals surface area (Å²) in [6, 6.07) is 17.2. The standard InChI is InChI=1S/C17H15ClN2O/c18-15-8-4-7-14(12-15)17-19-9-10-20(17)16(21)11-13-5-2-1-3-6-13/h1-8,12H,9-11H2. The smallest absolute Gasteiger partial charge is 0.232 e. The van der Waals surface area contributed by atoms with E-state index in [1.54, 1.807) is 4.90 Å². The van der Waals surface area contributed by atoms with Crippen LogP contribution < -0.4 is 0 Å². The highest BCUT2D eigenvalue weighted by atomic mass is 35.5. The summed E-state index contributed by atoms with van der Waals surface area (Å²) in [5.41, 5.74) is 1.90. The molecule has 0 atom stereocenters. The van der Waals surface area contributed by atoms with Crippen molar-refractivity contribution in [2.75, 3.05) is 13.1 Å². The highest BCUT2D eigenvalue weighted by molar-refractivity contribution is 6.31. The van der Waals surface area contributed by atoms with Crippen molar-refractivity contribution in [2.45, 2.75) is 6.42 Å². The van der Waals surface area contributed by atoms with Gasteiger partial charge in [0.2, 0.25) is 5.91 Å². The Hall–Kier alpha value is -2.13. The summed E-state index contributed by atoms with van der Waals surface area (Å²) in [4.78, 5) is 18.7. The molecule has 0 radical (unpaired) electrons. The van der Waals surface area contributed by atoms with Crippen LogP contribution >= 0.6 is 11.6 Å². The van der Waals surface area contributed by atoms with Crippen LogP contribution in [0.1, 0.15) is 11.1 Å². The minimum Gasteiger partial charge on any atom is -0.294 e. The molecular weight excluding hydrogens is 284 g/mol. The first-order chi connectivity index (χ1) is 10.2. The van der Waals surface area contributed by atoms with Crippen molar-refractivity contribution in [3.05, 3.63) is 70.7 Å². The predicted octanol–water partition coefficient (Wildman–Crippen LogP) is 3.17. The second-order valence-corrected chi connectivity index (χ2v) is 5.36. The number of carbonyl (C=O) groups is 1. The Balaban J connectivity index is 1.79. The zero-order chi connectivity index (χ0) is 14.7. The molecule has 3 nitrogen and oxygen atoms in total. The number of amides is 1. The second kappa shape index (κ2) is 6.10. The van der Waals surface area contributed by atoms with Gasteiger partial charge in [-0.15, -0.1) is 0 Å². The Morgan fingerprint density at radius 3 is 2.71 bits per heavy atom. The van der Waals surface area contributed by atoms with Crippen molar-refractivity contribution in [3.63, 3.8) is 0 Å². The van der Waals surface area contributed by atoms with Crippen molar-refractivity contribution in [2.24, 2.45) is 4.99 Å². The summed E-state index contributed by atoms with van der Waals surface area (Å²) in [6.07, 6.45) is 0.389. The van der Waals surface area contributed by atoms with E-state index in [-0.39, 0.29) is 5.91 Å². The van der Waals surface area contributed by atoms with E-state index in [2.05, 4.69) is 4.99 Å². The minimum absolute atomic E-state index is 0.0671. The summed E-state index contributed by atoms with van der Waals surface area (Å²) in [6.45, 7) is 1.27. The van der Waals surface area contributed by atoms with Crippen LogP contribution in [0.5, 0.6) is 0 Å². The number of hydrogen-bond donors (Lipinski definition) is 0. The van der Waals surface area contributed by atoms with Gasteiger partial charge in [0.1, 0.15) is 5.84 Å². The van der Waals surface area contributed by atoms with Crippen LogP contribution in [0.2, 0.25) is 5.02 Å². The number of aliphatic imine (C=N–C) groups is 1. The second-order valence-electron chi connectivity index (χ2n) is 4.92. The van der Waals surface area contributed by atoms with Gasteiger partial charge in [0.05, 0.1) is 13.0 Å². The van der Waals surface area contributed by atoms with Crippen LogP contribution in [-0.2, 0) is 11.2 Å². The lowest BCUT2D eigenvalue weighted by Gasteiger charge is -2.18. The minimum atomic E-state index is 0.0671. The Kier molecular flexibility index (Phi) is 4.02. The van der Waals surface area contributed by atoms with E-state index < -0.39 is 0 Å². The van der Waals surface area contributed by atoms with E-state index in [1.807, 2.05) is 54.6 Å². The number of rotatable bonds is 3. The molecule has 2 aromatic rings. The Labute approximate surface area is 128 Å². The fraction of sp³-hybridized carbons (Fsp3) is 0.176. The van der Waals surface area contributed by atoms with Gasteiger partial charge in [-0.05, 0) is 17.7 Å². The van der Waals surface area contributed by atoms with Gasteiger partial charge < -0.3 is 0 Å². The van der Waals surface area contributed by atoms with Gasteiger partial charge in [0.15, 0.2) is 0 Å². The maximum atomic E-state index is 12.5. The summed E-state index contributed by atoms with van der Waals surface area (Å²) in [7, 11) is 0. The maximum absolute atomic E-state index is 12.5. The molecule has 0 aromatic heterocycles. The molecule has 0 unspecified atom stereocenters.